The first-order valence-electron chi connectivity index (χ1n) is 10.6. The lowest BCUT2D eigenvalue weighted by Crippen LogP contribution is -2.63. The van der Waals surface area contributed by atoms with Crippen LogP contribution >= 0.6 is 0 Å². The molecule has 30 heavy (non-hydrogen) atoms. The Kier molecular flexibility index (Phi) is 7.07. The van der Waals surface area contributed by atoms with Crippen LogP contribution in [0.2, 0.25) is 0 Å². The minimum absolute atomic E-state index is 0.0804. The average molecular weight is 408 g/mol. The molecule has 2 aromatic rings. The molecule has 3 rings (SSSR count). The average Bonchev–Trinajstić information content (AvgIpc) is 2.75. The highest BCUT2D eigenvalue weighted by molar-refractivity contribution is 5.81. The van der Waals surface area contributed by atoms with E-state index in [-0.39, 0.29) is 12.0 Å². The van der Waals surface area contributed by atoms with E-state index in [9.17, 15) is 15.2 Å². The third kappa shape index (κ3) is 4.63. The van der Waals surface area contributed by atoms with Crippen molar-refractivity contribution in [3.8, 4) is 17.7 Å². The SMILES string of the molecule is CC(C)C(NC1CCCCC1)(C(=O)O)C(C#N)c1cccc(Oc2ccccc2)n1. The summed E-state index contributed by atoms with van der Waals surface area (Å²) in [6.45, 7) is 3.69. The Balaban J connectivity index is 1.96. The van der Waals surface area contributed by atoms with Gasteiger partial charge >= 0.3 is 5.97 Å². The standard InChI is InChI=1S/C24H29N3O3/c1-17(2)24(23(28)29,27-18-10-5-3-6-11-18)20(16-25)21-14-9-15-22(26-21)30-19-12-7-4-8-13-19/h4,7-9,12-15,17-18,20,27H,3,5-6,10-11H2,1-2H3,(H,28,29). The van der Waals surface area contributed by atoms with E-state index in [0.717, 1.165) is 25.7 Å². The van der Waals surface area contributed by atoms with Crippen molar-refractivity contribution in [1.82, 2.24) is 10.3 Å². The number of para-hydroxylation sites is 1. The molecule has 6 heteroatoms. The number of carboxylic acid groups (broad SMARTS) is 1. The minimum atomic E-state index is -1.44. The van der Waals surface area contributed by atoms with Crippen LogP contribution in [0.5, 0.6) is 11.6 Å². The number of hydrogen-bond acceptors (Lipinski definition) is 5. The Labute approximate surface area is 177 Å². The van der Waals surface area contributed by atoms with Crippen LogP contribution < -0.4 is 10.1 Å². The highest BCUT2D eigenvalue weighted by atomic mass is 16.5. The summed E-state index contributed by atoms with van der Waals surface area (Å²) in [5.41, 5.74) is -1.04. The summed E-state index contributed by atoms with van der Waals surface area (Å²) in [6, 6.07) is 16.7. The van der Waals surface area contributed by atoms with Crippen LogP contribution in [-0.4, -0.2) is 27.6 Å². The normalized spacial score (nSPS) is 17.7. The number of hydrogen-bond donors (Lipinski definition) is 2. The number of carboxylic acids is 1. The smallest absolute Gasteiger partial charge is 0.325 e. The van der Waals surface area contributed by atoms with E-state index in [1.165, 1.54) is 6.42 Å². The van der Waals surface area contributed by atoms with Crippen molar-refractivity contribution in [2.24, 2.45) is 5.92 Å². The Morgan fingerprint density at radius 2 is 1.87 bits per heavy atom. The molecule has 0 saturated heterocycles. The second-order valence-electron chi connectivity index (χ2n) is 8.19. The molecule has 0 aliphatic heterocycles. The predicted molar refractivity (Wildman–Crippen MR) is 114 cm³/mol. The van der Waals surface area contributed by atoms with E-state index >= 15 is 0 Å². The molecule has 2 atom stereocenters. The number of rotatable bonds is 8. The van der Waals surface area contributed by atoms with Gasteiger partial charge in [-0.1, -0.05) is 57.4 Å². The molecule has 0 spiro atoms. The fraction of sp³-hybridized carbons (Fsp3) is 0.458. The van der Waals surface area contributed by atoms with E-state index < -0.39 is 17.4 Å². The van der Waals surface area contributed by atoms with Crippen molar-refractivity contribution in [3.63, 3.8) is 0 Å². The molecule has 0 radical (unpaired) electrons. The molecule has 6 nitrogen and oxygen atoms in total. The van der Waals surface area contributed by atoms with Crippen LogP contribution in [0.4, 0.5) is 0 Å². The van der Waals surface area contributed by atoms with Crippen LogP contribution in [0.3, 0.4) is 0 Å². The Hall–Kier alpha value is -2.91. The van der Waals surface area contributed by atoms with Gasteiger partial charge in [-0.15, -0.1) is 0 Å². The van der Waals surface area contributed by atoms with Crippen LogP contribution in [0, 0.1) is 17.2 Å². The first kappa shape index (κ1) is 21.8. The van der Waals surface area contributed by atoms with E-state index in [0.29, 0.717) is 17.3 Å². The number of aromatic nitrogens is 1. The van der Waals surface area contributed by atoms with Gasteiger partial charge in [0, 0.05) is 12.1 Å². The van der Waals surface area contributed by atoms with Crippen molar-refractivity contribution in [2.75, 3.05) is 0 Å². The summed E-state index contributed by atoms with van der Waals surface area (Å²) < 4.78 is 5.81. The molecule has 1 aliphatic carbocycles. The van der Waals surface area contributed by atoms with Gasteiger partial charge in [0.25, 0.3) is 0 Å². The Morgan fingerprint density at radius 3 is 2.47 bits per heavy atom. The monoisotopic (exact) mass is 407 g/mol. The van der Waals surface area contributed by atoms with Crippen molar-refractivity contribution in [3.05, 3.63) is 54.2 Å². The summed E-state index contributed by atoms with van der Waals surface area (Å²) in [7, 11) is 0. The molecule has 1 aromatic carbocycles. The first-order valence-corrected chi connectivity index (χ1v) is 10.6. The highest BCUT2D eigenvalue weighted by Crippen LogP contribution is 2.36. The topological polar surface area (TPSA) is 95.2 Å². The van der Waals surface area contributed by atoms with Crippen molar-refractivity contribution < 1.29 is 14.6 Å². The van der Waals surface area contributed by atoms with Crippen LogP contribution in [0.1, 0.15) is 57.6 Å². The quantitative estimate of drug-likeness (QED) is 0.647. The number of ether oxygens (including phenoxy) is 1. The zero-order valence-electron chi connectivity index (χ0n) is 17.5. The zero-order valence-corrected chi connectivity index (χ0v) is 17.5. The summed E-state index contributed by atoms with van der Waals surface area (Å²) >= 11 is 0. The lowest BCUT2D eigenvalue weighted by molar-refractivity contribution is -0.148. The van der Waals surface area contributed by atoms with Crippen molar-refractivity contribution >= 4 is 5.97 Å². The van der Waals surface area contributed by atoms with Gasteiger partial charge in [0.05, 0.1) is 11.8 Å². The van der Waals surface area contributed by atoms with E-state index in [2.05, 4.69) is 16.4 Å². The van der Waals surface area contributed by atoms with Gasteiger partial charge in [0.15, 0.2) is 0 Å². The number of carbonyl (C=O) groups is 1. The summed E-state index contributed by atoms with van der Waals surface area (Å²) in [4.78, 5) is 17.1. The van der Waals surface area contributed by atoms with Crippen LogP contribution in [-0.2, 0) is 4.79 Å². The molecule has 1 heterocycles. The summed E-state index contributed by atoms with van der Waals surface area (Å²) in [5, 5.41) is 23.8. The number of aliphatic carboxylic acids is 1. The molecule has 1 aliphatic rings. The fourth-order valence-electron chi connectivity index (χ4n) is 4.26. The molecule has 158 valence electrons. The van der Waals surface area contributed by atoms with E-state index in [1.54, 1.807) is 18.2 Å². The van der Waals surface area contributed by atoms with E-state index in [1.807, 2.05) is 44.2 Å². The number of nitrogens with zero attached hydrogens (tertiary/aromatic N) is 2. The maximum Gasteiger partial charge on any atom is 0.325 e. The van der Waals surface area contributed by atoms with Crippen molar-refractivity contribution in [1.29, 1.82) is 5.26 Å². The third-order valence-electron chi connectivity index (χ3n) is 5.90. The third-order valence-corrected chi connectivity index (χ3v) is 5.90. The Morgan fingerprint density at radius 1 is 1.17 bits per heavy atom. The van der Waals surface area contributed by atoms with Gasteiger partial charge in [0.1, 0.15) is 17.2 Å². The Bertz CT molecular complexity index is 888. The van der Waals surface area contributed by atoms with Crippen LogP contribution in [0.15, 0.2) is 48.5 Å². The molecular formula is C24H29N3O3. The summed E-state index contributed by atoms with van der Waals surface area (Å²) in [6.07, 6.45) is 5.15. The molecule has 1 fully saturated rings. The second kappa shape index (κ2) is 9.73. The van der Waals surface area contributed by atoms with E-state index in [4.69, 9.17) is 4.74 Å². The van der Waals surface area contributed by atoms with Gasteiger partial charge in [-0.3, -0.25) is 10.1 Å². The zero-order chi connectivity index (χ0) is 21.6. The highest BCUT2D eigenvalue weighted by Gasteiger charge is 2.51. The molecule has 1 aromatic heterocycles. The number of pyridine rings is 1. The second-order valence-corrected chi connectivity index (χ2v) is 8.19. The summed E-state index contributed by atoms with van der Waals surface area (Å²) in [5.74, 6) is -1.34. The maximum atomic E-state index is 12.6. The number of nitriles is 1. The van der Waals surface area contributed by atoms with Gasteiger partial charge in [0.2, 0.25) is 5.88 Å². The molecule has 0 amide bonds. The molecule has 1 saturated carbocycles. The fourth-order valence-corrected chi connectivity index (χ4v) is 4.26. The van der Waals surface area contributed by atoms with Crippen molar-refractivity contribution in [2.45, 2.75) is 63.5 Å². The van der Waals surface area contributed by atoms with Gasteiger partial charge < -0.3 is 9.84 Å². The molecular weight excluding hydrogens is 378 g/mol. The first-order chi connectivity index (χ1) is 14.5. The molecule has 0 bridgehead atoms. The van der Waals surface area contributed by atoms with Gasteiger partial charge in [-0.05, 0) is 37.0 Å². The molecule has 2 unspecified atom stereocenters. The maximum absolute atomic E-state index is 12.6. The molecule has 2 N–H and O–H groups in total. The van der Waals surface area contributed by atoms with Gasteiger partial charge in [-0.2, -0.15) is 5.26 Å². The predicted octanol–water partition coefficient (Wildman–Crippen LogP) is 4.88. The van der Waals surface area contributed by atoms with Gasteiger partial charge in [-0.25, -0.2) is 4.98 Å². The lowest BCUT2D eigenvalue weighted by atomic mass is 9.73. The number of benzene rings is 1. The van der Waals surface area contributed by atoms with Crippen LogP contribution in [0.25, 0.3) is 0 Å². The lowest BCUT2D eigenvalue weighted by Gasteiger charge is -2.41. The number of nitrogens with one attached hydrogen (secondary N) is 1. The largest absolute Gasteiger partial charge is 0.480 e. The minimum Gasteiger partial charge on any atom is -0.480 e.